The van der Waals surface area contributed by atoms with Gasteiger partial charge in [0.15, 0.2) is 0 Å². The maximum absolute atomic E-state index is 11.7. The van der Waals surface area contributed by atoms with E-state index in [1.54, 1.807) is 7.11 Å². The maximum atomic E-state index is 11.7. The molecule has 0 saturated carbocycles. The molecule has 2 N–H and O–H groups in total. The van der Waals surface area contributed by atoms with Crippen molar-refractivity contribution in [2.45, 2.75) is 27.7 Å². The first-order chi connectivity index (χ1) is 9.34. The monoisotopic (exact) mass is 277 g/mol. The third kappa shape index (κ3) is 4.91. The van der Waals surface area contributed by atoms with Gasteiger partial charge in [-0.15, -0.1) is 0 Å². The molecular weight excluding hydrogens is 254 g/mol. The van der Waals surface area contributed by atoms with Crippen LogP contribution >= 0.6 is 0 Å². The Bertz CT molecular complexity index is 490. The maximum Gasteiger partial charge on any atom is 0.259 e. The highest BCUT2D eigenvalue weighted by Gasteiger charge is 2.14. The topological polar surface area (TPSA) is 62.7 Å². The van der Waals surface area contributed by atoms with Gasteiger partial charge >= 0.3 is 0 Å². The van der Waals surface area contributed by atoms with Gasteiger partial charge in [-0.3, -0.25) is 4.79 Å². The van der Waals surface area contributed by atoms with E-state index in [4.69, 9.17) is 4.74 Å². The van der Waals surface area contributed by atoms with Crippen LogP contribution < -0.4 is 15.5 Å². The van der Waals surface area contributed by atoms with E-state index < -0.39 is 0 Å². The van der Waals surface area contributed by atoms with Gasteiger partial charge in [-0.05, 0) is 19.1 Å². The first kappa shape index (κ1) is 16.0. The summed E-state index contributed by atoms with van der Waals surface area (Å²) in [5.41, 5.74) is 4.15. The number of ether oxygens (including phenoxy) is 1. The number of amides is 1. The Labute approximate surface area is 120 Å². The van der Waals surface area contributed by atoms with E-state index in [2.05, 4.69) is 15.8 Å². The van der Waals surface area contributed by atoms with E-state index in [1.165, 1.54) is 0 Å². The van der Waals surface area contributed by atoms with Crippen molar-refractivity contribution in [2.24, 2.45) is 10.5 Å². The summed E-state index contributed by atoms with van der Waals surface area (Å²) in [4.78, 5) is 11.7. The van der Waals surface area contributed by atoms with Crippen LogP contribution in [-0.2, 0) is 4.79 Å². The lowest BCUT2D eigenvalue weighted by atomic mass is 9.91. The number of rotatable bonds is 5. The summed E-state index contributed by atoms with van der Waals surface area (Å²) in [6.45, 7) is 8.18. The predicted octanol–water partition coefficient (Wildman–Crippen LogP) is 2.65. The Hall–Kier alpha value is -2.04. The fourth-order valence-electron chi connectivity index (χ4n) is 1.32. The van der Waals surface area contributed by atoms with Gasteiger partial charge in [-0.1, -0.05) is 32.9 Å². The molecular formula is C15H23N3O2. The number of hydrogen-bond acceptors (Lipinski definition) is 4. The van der Waals surface area contributed by atoms with Crippen molar-refractivity contribution in [1.29, 1.82) is 0 Å². The summed E-state index contributed by atoms with van der Waals surface area (Å²) in [7, 11) is 1.59. The molecule has 0 radical (unpaired) electrons. The average Bonchev–Trinajstić information content (AvgIpc) is 2.41. The minimum Gasteiger partial charge on any atom is -0.495 e. The lowest BCUT2D eigenvalue weighted by molar-refractivity contribution is -0.119. The van der Waals surface area contributed by atoms with Crippen molar-refractivity contribution >= 4 is 17.3 Å². The molecule has 0 heterocycles. The molecule has 0 fully saturated rings. The van der Waals surface area contributed by atoms with E-state index >= 15 is 0 Å². The molecule has 20 heavy (non-hydrogen) atoms. The van der Waals surface area contributed by atoms with Crippen molar-refractivity contribution < 1.29 is 9.53 Å². The highest BCUT2D eigenvalue weighted by Crippen LogP contribution is 2.22. The first-order valence-corrected chi connectivity index (χ1v) is 6.55. The van der Waals surface area contributed by atoms with Crippen LogP contribution in [0.4, 0.5) is 5.69 Å². The second-order valence-corrected chi connectivity index (χ2v) is 5.54. The largest absolute Gasteiger partial charge is 0.495 e. The molecule has 0 bridgehead atoms. The summed E-state index contributed by atoms with van der Waals surface area (Å²) in [6, 6.07) is 7.45. The zero-order chi connectivity index (χ0) is 15.2. The summed E-state index contributed by atoms with van der Waals surface area (Å²) in [5.74, 6) is 0.508. The molecule has 1 amide bonds. The zero-order valence-corrected chi connectivity index (χ0v) is 12.8. The van der Waals surface area contributed by atoms with Gasteiger partial charge in [-0.2, -0.15) is 5.10 Å². The lowest BCUT2D eigenvalue weighted by Gasteiger charge is -2.17. The molecule has 5 nitrogen and oxygen atoms in total. The number of nitrogens with zero attached hydrogens (tertiary/aromatic N) is 1. The number of carbonyl (C=O) groups is 1. The van der Waals surface area contributed by atoms with Crippen LogP contribution in [-0.4, -0.2) is 25.3 Å². The van der Waals surface area contributed by atoms with E-state index in [0.717, 1.165) is 11.4 Å². The van der Waals surface area contributed by atoms with Gasteiger partial charge in [0, 0.05) is 11.1 Å². The summed E-state index contributed by atoms with van der Waals surface area (Å²) in [5, 5.41) is 7.12. The Morgan fingerprint density at radius 1 is 1.30 bits per heavy atom. The zero-order valence-electron chi connectivity index (χ0n) is 12.8. The molecule has 5 heteroatoms. The number of hydrazone groups is 1. The van der Waals surface area contributed by atoms with Gasteiger partial charge in [-0.25, -0.2) is 5.43 Å². The minimum atomic E-state index is -0.195. The number of para-hydroxylation sites is 2. The molecule has 0 unspecified atom stereocenters. The molecule has 0 saturated heterocycles. The fourth-order valence-corrected chi connectivity index (χ4v) is 1.32. The SMILES string of the molecule is COc1ccccc1NCC(=O)N/N=C(/C)C(C)(C)C. The van der Waals surface area contributed by atoms with Crippen molar-refractivity contribution in [1.82, 2.24) is 5.43 Å². The van der Waals surface area contributed by atoms with Gasteiger partial charge in [0.25, 0.3) is 5.91 Å². The number of hydrogen-bond donors (Lipinski definition) is 2. The first-order valence-electron chi connectivity index (χ1n) is 6.55. The molecule has 0 atom stereocenters. The van der Waals surface area contributed by atoms with E-state index in [0.29, 0.717) is 5.75 Å². The van der Waals surface area contributed by atoms with E-state index in [-0.39, 0.29) is 17.9 Å². The number of anilines is 1. The third-order valence-electron chi connectivity index (χ3n) is 2.98. The van der Waals surface area contributed by atoms with Crippen molar-refractivity contribution in [2.75, 3.05) is 19.0 Å². The van der Waals surface area contributed by atoms with Crippen molar-refractivity contribution in [3.8, 4) is 5.75 Å². The highest BCUT2D eigenvalue weighted by atomic mass is 16.5. The molecule has 0 aliphatic heterocycles. The van der Waals surface area contributed by atoms with Crippen LogP contribution in [0.25, 0.3) is 0 Å². The molecule has 1 aromatic carbocycles. The van der Waals surface area contributed by atoms with Crippen LogP contribution in [0.2, 0.25) is 0 Å². The van der Waals surface area contributed by atoms with E-state index in [9.17, 15) is 4.79 Å². The summed E-state index contributed by atoms with van der Waals surface area (Å²) >= 11 is 0. The Morgan fingerprint density at radius 3 is 2.55 bits per heavy atom. The fraction of sp³-hybridized carbons (Fsp3) is 0.467. The Balaban J connectivity index is 2.52. The molecule has 0 aliphatic carbocycles. The van der Waals surface area contributed by atoms with E-state index in [1.807, 2.05) is 52.0 Å². The van der Waals surface area contributed by atoms with Gasteiger partial charge < -0.3 is 10.1 Å². The number of benzene rings is 1. The van der Waals surface area contributed by atoms with Crippen LogP contribution in [0.5, 0.6) is 5.75 Å². The molecule has 0 aliphatic rings. The smallest absolute Gasteiger partial charge is 0.259 e. The molecule has 110 valence electrons. The second-order valence-electron chi connectivity index (χ2n) is 5.54. The molecule has 0 spiro atoms. The molecule has 1 rings (SSSR count). The van der Waals surface area contributed by atoms with Gasteiger partial charge in [0.1, 0.15) is 5.75 Å². The highest BCUT2D eigenvalue weighted by molar-refractivity contribution is 5.89. The number of carbonyl (C=O) groups excluding carboxylic acids is 1. The predicted molar refractivity (Wildman–Crippen MR) is 82.2 cm³/mol. The third-order valence-corrected chi connectivity index (χ3v) is 2.98. The number of nitrogens with one attached hydrogen (secondary N) is 2. The Kier molecular flexibility index (Phi) is 5.55. The lowest BCUT2D eigenvalue weighted by Crippen LogP contribution is -2.29. The average molecular weight is 277 g/mol. The van der Waals surface area contributed by atoms with Crippen LogP contribution in [0, 0.1) is 5.41 Å². The second kappa shape index (κ2) is 6.93. The minimum absolute atomic E-state index is 0.0522. The molecule has 0 aromatic heterocycles. The normalized spacial score (nSPS) is 11.9. The van der Waals surface area contributed by atoms with Crippen molar-refractivity contribution in [3.05, 3.63) is 24.3 Å². The summed E-state index contributed by atoms with van der Waals surface area (Å²) < 4.78 is 5.20. The van der Waals surface area contributed by atoms with Crippen LogP contribution in [0.15, 0.2) is 29.4 Å². The van der Waals surface area contributed by atoms with Crippen molar-refractivity contribution in [3.63, 3.8) is 0 Å². The standard InChI is InChI=1S/C15H23N3O2/c1-11(15(2,3)4)17-18-14(19)10-16-12-8-6-7-9-13(12)20-5/h6-9,16H,10H2,1-5H3,(H,18,19)/b17-11-. The summed E-state index contributed by atoms with van der Waals surface area (Å²) in [6.07, 6.45) is 0. The van der Waals surface area contributed by atoms with Crippen LogP contribution in [0.3, 0.4) is 0 Å². The number of methoxy groups -OCH3 is 1. The van der Waals surface area contributed by atoms with Gasteiger partial charge in [0.2, 0.25) is 0 Å². The van der Waals surface area contributed by atoms with Gasteiger partial charge in [0.05, 0.1) is 19.3 Å². The molecule has 1 aromatic rings. The Morgan fingerprint density at radius 2 is 1.95 bits per heavy atom. The van der Waals surface area contributed by atoms with Crippen LogP contribution in [0.1, 0.15) is 27.7 Å². The quantitative estimate of drug-likeness (QED) is 0.642.